The van der Waals surface area contributed by atoms with E-state index in [-0.39, 0.29) is 11.6 Å². The van der Waals surface area contributed by atoms with E-state index in [0.29, 0.717) is 17.4 Å². The van der Waals surface area contributed by atoms with Crippen LogP contribution in [0.2, 0.25) is 0 Å². The number of aromatic amines is 1. The molecule has 2 heterocycles. The Balaban J connectivity index is 1.56. The molecule has 0 spiro atoms. The number of carbonyl (C=O) groups excluding carboxylic acids is 1. The Labute approximate surface area is 183 Å². The maximum atomic E-state index is 11.7. The number of pyridine rings is 1. The van der Waals surface area contributed by atoms with Crippen molar-refractivity contribution in [3.8, 4) is 11.5 Å². The summed E-state index contributed by atoms with van der Waals surface area (Å²) in [6.07, 6.45) is 1.53. The molecule has 0 unspecified atom stereocenters. The smallest absolute Gasteiger partial charge is 0.269 e. The molecule has 146 valence electrons. The largest absolute Gasteiger partial charge is 0.457 e. The third-order valence-electron chi connectivity index (χ3n) is 4.07. The first kappa shape index (κ1) is 19.4. The number of halogens is 2. The summed E-state index contributed by atoms with van der Waals surface area (Å²) in [4.78, 5) is 23.6. The molecule has 7 nitrogen and oxygen atoms in total. The van der Waals surface area contributed by atoms with E-state index in [4.69, 9.17) is 4.74 Å². The van der Waals surface area contributed by atoms with Crippen LogP contribution in [0.4, 0.5) is 11.6 Å². The van der Waals surface area contributed by atoms with E-state index in [1.807, 2.05) is 36.4 Å². The number of hydrogen-bond acceptors (Lipinski definition) is 5. The van der Waals surface area contributed by atoms with Crippen LogP contribution in [-0.4, -0.2) is 27.9 Å². The van der Waals surface area contributed by atoms with Gasteiger partial charge in [0.15, 0.2) is 0 Å². The van der Waals surface area contributed by atoms with Crippen molar-refractivity contribution in [2.75, 3.05) is 12.4 Å². The minimum atomic E-state index is -0.270. The Bertz CT molecular complexity index is 1210. The van der Waals surface area contributed by atoms with E-state index in [1.165, 1.54) is 6.20 Å². The summed E-state index contributed by atoms with van der Waals surface area (Å²) in [7, 11) is 1.56. The standard InChI is InChI=1S/C20H15Br2N5O2/c1-23-19(28)18-10-13(6-7-24-18)29-12-3-5-16-17(9-12)27-20(26-16)25-15-4-2-11(21)8-14(15)22/h2-10H,1H3,(H,23,28)(H2,25,26,27). The predicted molar refractivity (Wildman–Crippen MR) is 119 cm³/mol. The second-order valence-corrected chi connectivity index (χ2v) is 7.84. The van der Waals surface area contributed by atoms with Gasteiger partial charge in [-0.25, -0.2) is 4.98 Å². The zero-order valence-electron chi connectivity index (χ0n) is 15.2. The number of amides is 1. The van der Waals surface area contributed by atoms with Crippen molar-refractivity contribution in [3.05, 3.63) is 69.4 Å². The Morgan fingerprint density at radius 2 is 1.90 bits per heavy atom. The molecule has 2 aromatic carbocycles. The normalized spacial score (nSPS) is 10.7. The van der Waals surface area contributed by atoms with E-state index in [9.17, 15) is 4.79 Å². The predicted octanol–water partition coefficient (Wildman–Crippen LogP) is 5.38. The quantitative estimate of drug-likeness (QED) is 0.331. The number of nitrogens with zero attached hydrogens (tertiary/aromatic N) is 2. The fourth-order valence-electron chi connectivity index (χ4n) is 2.69. The lowest BCUT2D eigenvalue weighted by molar-refractivity contribution is 0.0958. The van der Waals surface area contributed by atoms with Gasteiger partial charge in [-0.15, -0.1) is 0 Å². The molecule has 3 N–H and O–H groups in total. The number of hydrogen-bond donors (Lipinski definition) is 3. The van der Waals surface area contributed by atoms with Crippen LogP contribution in [0.5, 0.6) is 11.5 Å². The van der Waals surface area contributed by atoms with Crippen molar-refractivity contribution >= 4 is 60.4 Å². The van der Waals surface area contributed by atoms with E-state index in [2.05, 4.69) is 57.4 Å². The third kappa shape index (κ3) is 4.41. The topological polar surface area (TPSA) is 91.9 Å². The van der Waals surface area contributed by atoms with Gasteiger partial charge in [-0.2, -0.15) is 0 Å². The van der Waals surface area contributed by atoms with Gasteiger partial charge < -0.3 is 20.4 Å². The van der Waals surface area contributed by atoms with Crippen LogP contribution < -0.4 is 15.4 Å². The zero-order valence-corrected chi connectivity index (χ0v) is 18.3. The summed E-state index contributed by atoms with van der Waals surface area (Å²) in [6, 6.07) is 14.7. The number of imidazole rings is 1. The van der Waals surface area contributed by atoms with Gasteiger partial charge in [0.05, 0.1) is 16.7 Å². The highest BCUT2D eigenvalue weighted by Crippen LogP contribution is 2.30. The number of benzene rings is 2. The Morgan fingerprint density at radius 1 is 1.07 bits per heavy atom. The van der Waals surface area contributed by atoms with Gasteiger partial charge in [0.1, 0.15) is 17.2 Å². The number of anilines is 2. The summed E-state index contributed by atoms with van der Waals surface area (Å²) in [5.41, 5.74) is 2.80. The summed E-state index contributed by atoms with van der Waals surface area (Å²) in [5.74, 6) is 1.47. The molecule has 9 heteroatoms. The van der Waals surface area contributed by atoms with Crippen molar-refractivity contribution in [1.82, 2.24) is 20.3 Å². The lowest BCUT2D eigenvalue weighted by Gasteiger charge is -2.06. The lowest BCUT2D eigenvalue weighted by Crippen LogP contribution is -2.18. The SMILES string of the molecule is CNC(=O)c1cc(Oc2ccc3[nH]c(Nc4ccc(Br)cc4Br)nc3c2)ccn1. The number of nitrogens with one attached hydrogen (secondary N) is 3. The summed E-state index contributed by atoms with van der Waals surface area (Å²) in [5, 5.41) is 5.80. The number of carbonyl (C=O) groups is 1. The summed E-state index contributed by atoms with van der Waals surface area (Å²) < 4.78 is 7.78. The number of fused-ring (bicyclic) bond motifs is 1. The molecule has 2 aromatic heterocycles. The van der Waals surface area contributed by atoms with Crippen molar-refractivity contribution in [2.45, 2.75) is 0 Å². The van der Waals surface area contributed by atoms with Gasteiger partial charge in [0.25, 0.3) is 5.91 Å². The number of aromatic nitrogens is 3. The van der Waals surface area contributed by atoms with E-state index in [1.54, 1.807) is 19.2 Å². The third-order valence-corrected chi connectivity index (χ3v) is 5.21. The summed E-state index contributed by atoms with van der Waals surface area (Å²) >= 11 is 6.97. The van der Waals surface area contributed by atoms with Gasteiger partial charge in [-0.3, -0.25) is 9.78 Å². The molecule has 0 fully saturated rings. The van der Waals surface area contributed by atoms with Crippen molar-refractivity contribution in [1.29, 1.82) is 0 Å². The van der Waals surface area contributed by atoms with Crippen LogP contribution in [-0.2, 0) is 0 Å². The highest BCUT2D eigenvalue weighted by molar-refractivity contribution is 9.11. The zero-order chi connectivity index (χ0) is 20.4. The molecular weight excluding hydrogens is 502 g/mol. The number of H-pyrrole nitrogens is 1. The molecule has 0 bridgehead atoms. The van der Waals surface area contributed by atoms with Crippen LogP contribution in [0.1, 0.15) is 10.5 Å². The molecule has 0 aliphatic heterocycles. The molecule has 0 saturated carbocycles. The van der Waals surface area contributed by atoms with Crippen molar-refractivity contribution < 1.29 is 9.53 Å². The van der Waals surface area contributed by atoms with E-state index in [0.717, 1.165) is 25.7 Å². The van der Waals surface area contributed by atoms with Crippen LogP contribution in [0.15, 0.2) is 63.7 Å². The molecule has 4 aromatic rings. The highest BCUT2D eigenvalue weighted by Gasteiger charge is 2.09. The number of rotatable bonds is 5. The molecule has 0 aliphatic carbocycles. The Morgan fingerprint density at radius 3 is 2.69 bits per heavy atom. The van der Waals surface area contributed by atoms with Crippen LogP contribution in [0, 0.1) is 0 Å². The lowest BCUT2D eigenvalue weighted by atomic mass is 10.3. The molecule has 29 heavy (non-hydrogen) atoms. The highest BCUT2D eigenvalue weighted by atomic mass is 79.9. The molecule has 0 aliphatic rings. The fraction of sp³-hybridized carbons (Fsp3) is 0.0500. The van der Waals surface area contributed by atoms with Gasteiger partial charge in [0.2, 0.25) is 5.95 Å². The van der Waals surface area contributed by atoms with Crippen LogP contribution >= 0.6 is 31.9 Å². The first-order valence-electron chi connectivity index (χ1n) is 8.59. The molecule has 1 amide bonds. The van der Waals surface area contributed by atoms with Gasteiger partial charge in [0, 0.05) is 34.3 Å². The van der Waals surface area contributed by atoms with E-state index >= 15 is 0 Å². The maximum absolute atomic E-state index is 11.7. The van der Waals surface area contributed by atoms with Crippen molar-refractivity contribution in [3.63, 3.8) is 0 Å². The Kier molecular flexibility index (Phi) is 5.50. The second kappa shape index (κ2) is 8.22. The van der Waals surface area contributed by atoms with Gasteiger partial charge in [-0.1, -0.05) is 15.9 Å². The van der Waals surface area contributed by atoms with Crippen molar-refractivity contribution in [2.24, 2.45) is 0 Å². The van der Waals surface area contributed by atoms with E-state index < -0.39 is 0 Å². The maximum Gasteiger partial charge on any atom is 0.269 e. The fourth-order valence-corrected chi connectivity index (χ4v) is 3.84. The summed E-state index contributed by atoms with van der Waals surface area (Å²) in [6.45, 7) is 0. The minimum absolute atomic E-state index is 0.270. The average molecular weight is 517 g/mol. The molecule has 0 atom stereocenters. The Hall–Kier alpha value is -2.91. The first-order chi connectivity index (χ1) is 14.0. The molecule has 0 saturated heterocycles. The number of ether oxygens (including phenoxy) is 1. The van der Waals surface area contributed by atoms with Crippen LogP contribution in [0.3, 0.4) is 0 Å². The molecule has 0 radical (unpaired) electrons. The second-order valence-electron chi connectivity index (χ2n) is 6.07. The molecular formula is C20H15Br2N5O2. The minimum Gasteiger partial charge on any atom is -0.457 e. The van der Waals surface area contributed by atoms with Crippen LogP contribution in [0.25, 0.3) is 11.0 Å². The van der Waals surface area contributed by atoms with Gasteiger partial charge in [-0.05, 0) is 52.3 Å². The average Bonchev–Trinajstić information content (AvgIpc) is 3.11. The monoisotopic (exact) mass is 515 g/mol. The van der Waals surface area contributed by atoms with Gasteiger partial charge >= 0.3 is 0 Å². The molecule has 4 rings (SSSR count). The first-order valence-corrected chi connectivity index (χ1v) is 10.2.